The Morgan fingerprint density at radius 3 is 2.89 bits per heavy atom. The second-order valence-corrected chi connectivity index (χ2v) is 7.28. The minimum absolute atomic E-state index is 0.178. The molecule has 5 atom stereocenters. The molecule has 3 fully saturated rings. The van der Waals surface area contributed by atoms with Gasteiger partial charge in [-0.2, -0.15) is 0 Å². The number of nitrogens with one attached hydrogen (secondary N) is 1. The second-order valence-electron chi connectivity index (χ2n) is 7.08. The van der Waals surface area contributed by atoms with Crippen molar-refractivity contribution in [3.05, 3.63) is 48.7 Å². The van der Waals surface area contributed by atoms with Crippen LogP contribution in [0.4, 0.5) is 0 Å². The minimum Gasteiger partial charge on any atom is -0.497 e. The molecule has 4 heterocycles. The number of methoxy groups -OCH3 is 1. The summed E-state index contributed by atoms with van der Waals surface area (Å²) in [5, 5.41) is 19.5. The van der Waals surface area contributed by atoms with E-state index < -0.39 is 6.10 Å². The lowest BCUT2D eigenvalue weighted by Crippen LogP contribution is -2.54. The first-order valence-electron chi connectivity index (χ1n) is 9.14. The summed E-state index contributed by atoms with van der Waals surface area (Å²) in [5.41, 5.74) is 1.85. The summed E-state index contributed by atoms with van der Waals surface area (Å²) in [5.74, 6) is 2.01. The van der Waals surface area contributed by atoms with Crippen molar-refractivity contribution >= 4 is 28.3 Å². The van der Waals surface area contributed by atoms with Crippen LogP contribution < -0.4 is 4.74 Å². The number of aliphatic hydroxyl groups excluding tert-OH is 1. The topological polar surface area (TPSA) is 69.4 Å². The van der Waals surface area contributed by atoms with E-state index in [9.17, 15) is 5.11 Å². The molecule has 0 aliphatic carbocycles. The molecule has 3 aliphatic heterocycles. The van der Waals surface area contributed by atoms with E-state index in [2.05, 4.69) is 34.8 Å². The summed E-state index contributed by atoms with van der Waals surface area (Å²) in [6.45, 7) is 6.07. The normalized spacial score (nSPS) is 27.2. The fourth-order valence-corrected chi connectivity index (χ4v) is 4.44. The molecule has 2 bridgehead atoms. The number of piperidine rings is 3. The van der Waals surface area contributed by atoms with Gasteiger partial charge in [-0.05, 0) is 73.3 Å². The third-order valence-corrected chi connectivity index (χ3v) is 5.82. The van der Waals surface area contributed by atoms with Crippen LogP contribution in [-0.4, -0.2) is 46.4 Å². The van der Waals surface area contributed by atoms with Crippen LogP contribution in [-0.2, 0) is 0 Å². The van der Waals surface area contributed by atoms with Gasteiger partial charge in [-0.3, -0.25) is 9.88 Å². The number of nitrogens with zero attached hydrogens (tertiary/aromatic N) is 2. The van der Waals surface area contributed by atoms with Gasteiger partial charge in [0.05, 0.1) is 23.9 Å². The number of benzene rings is 1. The quantitative estimate of drug-likeness (QED) is 0.477. The molecule has 3 saturated heterocycles. The summed E-state index contributed by atoms with van der Waals surface area (Å²) in [7, 11) is 1.66. The van der Waals surface area contributed by atoms with Gasteiger partial charge < -0.3 is 9.84 Å². The summed E-state index contributed by atoms with van der Waals surface area (Å²) in [4.78, 5) is 6.86. The zero-order valence-electron chi connectivity index (χ0n) is 15.5. The van der Waals surface area contributed by atoms with E-state index in [4.69, 9.17) is 10.1 Å². The predicted octanol–water partition coefficient (Wildman–Crippen LogP) is 3.84. The Morgan fingerprint density at radius 1 is 1.48 bits per heavy atom. The van der Waals surface area contributed by atoms with Crippen LogP contribution in [0, 0.1) is 17.2 Å². The Balaban J connectivity index is 0.000000659. The van der Waals surface area contributed by atoms with Gasteiger partial charge in [0.25, 0.3) is 0 Å². The van der Waals surface area contributed by atoms with Gasteiger partial charge in [0.15, 0.2) is 0 Å². The number of fused-ring (bicyclic) bond motifs is 4. The highest BCUT2D eigenvalue weighted by Crippen LogP contribution is 2.42. The Bertz CT molecular complexity index is 850. The monoisotopic (exact) mass is 383 g/mol. The van der Waals surface area contributed by atoms with Gasteiger partial charge in [0.2, 0.25) is 0 Å². The SMILES string of the molecule is C=C[C@H]1CN2CC[C@H]1C[C@@H]2[C@@H](O)c1ccnc2ccc(OC)cc12.N=C=S. The first-order chi connectivity index (χ1) is 13.1. The number of isothiocyanates is 1. The van der Waals surface area contributed by atoms with E-state index in [0.717, 1.165) is 41.7 Å². The highest BCUT2D eigenvalue weighted by atomic mass is 32.1. The summed E-state index contributed by atoms with van der Waals surface area (Å²) < 4.78 is 5.35. The molecule has 27 heavy (non-hydrogen) atoms. The number of ether oxygens (including phenoxy) is 1. The van der Waals surface area contributed by atoms with Crippen molar-refractivity contribution in [3.63, 3.8) is 0 Å². The zero-order valence-corrected chi connectivity index (χ0v) is 16.3. The standard InChI is InChI=1S/C20H24N2O2.CHNS/c1-3-13-12-22-9-7-14(13)10-19(22)20(23)16-6-8-21-18-5-4-15(24-2)11-17(16)18;2-1-3/h3-6,8,11,13-14,19-20,23H,1,7,9-10,12H2,2H3;2H/t13-,14-,19+,20-;/m0./s1. The Morgan fingerprint density at radius 2 is 2.26 bits per heavy atom. The molecule has 1 aromatic heterocycles. The molecule has 0 radical (unpaired) electrons. The molecular formula is C21H25N3O2S. The maximum absolute atomic E-state index is 11.2. The van der Waals surface area contributed by atoms with Gasteiger partial charge in [-0.1, -0.05) is 6.08 Å². The molecular weight excluding hydrogens is 358 g/mol. The average Bonchev–Trinajstić information content (AvgIpc) is 2.73. The fourth-order valence-electron chi connectivity index (χ4n) is 4.44. The van der Waals surface area contributed by atoms with E-state index in [1.54, 1.807) is 18.5 Å². The highest BCUT2D eigenvalue weighted by Gasteiger charge is 2.42. The number of rotatable bonds is 4. The Hall–Kier alpha value is -2.11. The summed E-state index contributed by atoms with van der Waals surface area (Å²) >= 11 is 3.81. The molecule has 1 aromatic carbocycles. The van der Waals surface area contributed by atoms with Crippen LogP contribution in [0.3, 0.4) is 0 Å². The number of aromatic nitrogens is 1. The fraction of sp³-hybridized carbons (Fsp3) is 0.429. The third-order valence-electron chi connectivity index (χ3n) is 5.82. The first-order valence-corrected chi connectivity index (χ1v) is 9.55. The lowest BCUT2D eigenvalue weighted by atomic mass is 9.73. The third kappa shape index (κ3) is 3.94. The number of aliphatic hydroxyl groups is 1. The van der Waals surface area contributed by atoms with Crippen molar-refractivity contribution in [2.75, 3.05) is 20.2 Å². The van der Waals surface area contributed by atoms with Crippen LogP contribution in [0.2, 0.25) is 0 Å². The van der Waals surface area contributed by atoms with Crippen molar-refractivity contribution in [3.8, 4) is 5.75 Å². The van der Waals surface area contributed by atoms with Gasteiger partial charge >= 0.3 is 0 Å². The molecule has 0 amide bonds. The number of pyridine rings is 1. The van der Waals surface area contributed by atoms with Crippen LogP contribution >= 0.6 is 12.2 Å². The number of thiocarbonyl (C=S) groups is 1. The summed E-state index contributed by atoms with van der Waals surface area (Å²) in [6, 6.07) is 7.96. The second kappa shape index (κ2) is 8.72. The highest BCUT2D eigenvalue weighted by molar-refractivity contribution is 7.78. The average molecular weight is 384 g/mol. The van der Waals surface area contributed by atoms with Gasteiger partial charge in [-0.15, -0.1) is 6.58 Å². The molecule has 2 aromatic rings. The molecule has 0 spiro atoms. The minimum atomic E-state index is -0.504. The van der Waals surface area contributed by atoms with Crippen molar-refractivity contribution in [2.24, 2.45) is 11.8 Å². The maximum atomic E-state index is 11.2. The van der Waals surface area contributed by atoms with Gasteiger partial charge in [0.1, 0.15) is 5.75 Å². The Kier molecular flexibility index (Phi) is 6.34. The van der Waals surface area contributed by atoms with E-state index in [1.807, 2.05) is 24.3 Å². The smallest absolute Gasteiger partial charge is 0.119 e. The van der Waals surface area contributed by atoms with E-state index >= 15 is 0 Å². The predicted molar refractivity (Wildman–Crippen MR) is 110 cm³/mol. The van der Waals surface area contributed by atoms with Crippen LogP contribution in [0.1, 0.15) is 24.5 Å². The molecule has 2 N–H and O–H groups in total. The van der Waals surface area contributed by atoms with E-state index in [1.165, 1.54) is 6.42 Å². The number of hydrogen-bond donors (Lipinski definition) is 2. The molecule has 3 aliphatic rings. The van der Waals surface area contributed by atoms with Crippen LogP contribution in [0.25, 0.3) is 10.9 Å². The number of hydrogen-bond acceptors (Lipinski definition) is 6. The zero-order chi connectivity index (χ0) is 19.4. The van der Waals surface area contributed by atoms with Gasteiger partial charge in [-0.25, -0.2) is 5.41 Å². The Labute approximate surface area is 165 Å². The summed E-state index contributed by atoms with van der Waals surface area (Å²) in [6.07, 6.45) is 5.62. The molecule has 0 saturated carbocycles. The molecule has 142 valence electrons. The lowest BCUT2D eigenvalue weighted by molar-refractivity contribution is -0.0444. The first kappa shape index (κ1) is 19.6. The molecule has 5 rings (SSSR count). The molecule has 5 nitrogen and oxygen atoms in total. The maximum Gasteiger partial charge on any atom is 0.119 e. The van der Waals surface area contributed by atoms with Gasteiger partial charge in [0, 0.05) is 24.2 Å². The van der Waals surface area contributed by atoms with Crippen molar-refractivity contribution in [1.82, 2.24) is 9.88 Å². The molecule has 6 heteroatoms. The van der Waals surface area contributed by atoms with E-state index in [0.29, 0.717) is 11.8 Å². The lowest BCUT2D eigenvalue weighted by Gasteiger charge is -2.50. The largest absolute Gasteiger partial charge is 0.497 e. The molecule has 1 unspecified atom stereocenters. The van der Waals surface area contributed by atoms with E-state index in [-0.39, 0.29) is 6.04 Å². The van der Waals surface area contributed by atoms with Crippen molar-refractivity contribution in [1.29, 1.82) is 5.41 Å². The van der Waals surface area contributed by atoms with Crippen molar-refractivity contribution < 1.29 is 9.84 Å². The van der Waals surface area contributed by atoms with Crippen LogP contribution in [0.15, 0.2) is 43.1 Å². The van der Waals surface area contributed by atoms with Crippen molar-refractivity contribution in [2.45, 2.75) is 25.0 Å². The van der Waals surface area contributed by atoms with Crippen LogP contribution in [0.5, 0.6) is 5.75 Å².